The maximum atomic E-state index is 12.9. The van der Waals surface area contributed by atoms with Crippen molar-refractivity contribution in [2.75, 3.05) is 11.5 Å². The van der Waals surface area contributed by atoms with Crippen LogP contribution < -0.4 is 4.90 Å². The SMILES string of the molecule is O=C1OCC2=C1C(c1cccc(Cl)c1Cl)CC(=O)N2c1ccc(C(F)(F)F)cc1. The van der Waals surface area contributed by atoms with Gasteiger partial charge in [0.2, 0.25) is 5.91 Å². The van der Waals surface area contributed by atoms with Crippen LogP contribution in [0.5, 0.6) is 0 Å². The molecule has 0 N–H and O–H groups in total. The molecular formula is C20H12Cl2F3NO3. The summed E-state index contributed by atoms with van der Waals surface area (Å²) in [7, 11) is 0. The highest BCUT2D eigenvalue weighted by molar-refractivity contribution is 6.42. The molecule has 1 amide bonds. The normalized spacial score (nSPS) is 19.5. The molecule has 4 nitrogen and oxygen atoms in total. The lowest BCUT2D eigenvalue weighted by Gasteiger charge is -2.32. The minimum absolute atomic E-state index is 0.102. The predicted octanol–water partition coefficient (Wildman–Crippen LogP) is 5.34. The van der Waals surface area contributed by atoms with Gasteiger partial charge in [-0.3, -0.25) is 9.69 Å². The molecule has 2 aromatic rings. The van der Waals surface area contributed by atoms with E-state index >= 15 is 0 Å². The van der Waals surface area contributed by atoms with Crippen molar-refractivity contribution in [2.24, 2.45) is 0 Å². The number of amides is 1. The van der Waals surface area contributed by atoms with E-state index in [0.717, 1.165) is 12.1 Å². The number of ether oxygens (including phenoxy) is 1. The van der Waals surface area contributed by atoms with E-state index in [-0.39, 0.29) is 40.2 Å². The van der Waals surface area contributed by atoms with Crippen LogP contribution in [0.2, 0.25) is 10.0 Å². The smallest absolute Gasteiger partial charge is 0.416 e. The molecule has 0 saturated carbocycles. The van der Waals surface area contributed by atoms with Crippen LogP contribution in [0, 0.1) is 0 Å². The Kier molecular flexibility index (Phi) is 4.83. The minimum atomic E-state index is -4.49. The van der Waals surface area contributed by atoms with Gasteiger partial charge in [-0.05, 0) is 35.9 Å². The van der Waals surface area contributed by atoms with Gasteiger partial charge in [0.25, 0.3) is 0 Å². The van der Waals surface area contributed by atoms with E-state index in [0.29, 0.717) is 11.3 Å². The van der Waals surface area contributed by atoms with Crippen molar-refractivity contribution < 1.29 is 27.5 Å². The topological polar surface area (TPSA) is 46.6 Å². The van der Waals surface area contributed by atoms with E-state index in [9.17, 15) is 22.8 Å². The highest BCUT2D eigenvalue weighted by Crippen LogP contribution is 2.45. The van der Waals surface area contributed by atoms with E-state index in [4.69, 9.17) is 27.9 Å². The molecule has 29 heavy (non-hydrogen) atoms. The number of carbonyl (C=O) groups is 2. The number of esters is 1. The highest BCUT2D eigenvalue weighted by atomic mass is 35.5. The maximum absolute atomic E-state index is 12.9. The lowest BCUT2D eigenvalue weighted by Crippen LogP contribution is -2.37. The zero-order valence-corrected chi connectivity index (χ0v) is 16.1. The van der Waals surface area contributed by atoms with Gasteiger partial charge in [-0.1, -0.05) is 35.3 Å². The van der Waals surface area contributed by atoms with Gasteiger partial charge in [-0.2, -0.15) is 13.2 Å². The van der Waals surface area contributed by atoms with Crippen LogP contribution in [0.3, 0.4) is 0 Å². The van der Waals surface area contributed by atoms with Crippen molar-refractivity contribution in [1.29, 1.82) is 0 Å². The number of hydrogen-bond acceptors (Lipinski definition) is 3. The molecule has 150 valence electrons. The average Bonchev–Trinajstić information content (AvgIpc) is 3.04. The number of benzene rings is 2. The lowest BCUT2D eigenvalue weighted by atomic mass is 9.84. The number of anilines is 1. The summed E-state index contributed by atoms with van der Waals surface area (Å²) in [5, 5.41) is 0.525. The van der Waals surface area contributed by atoms with E-state index < -0.39 is 23.6 Å². The molecule has 0 aromatic heterocycles. The number of rotatable bonds is 2. The molecule has 2 aliphatic heterocycles. The molecule has 4 rings (SSSR count). The van der Waals surface area contributed by atoms with E-state index in [1.54, 1.807) is 18.2 Å². The summed E-state index contributed by atoms with van der Waals surface area (Å²) in [4.78, 5) is 26.6. The summed E-state index contributed by atoms with van der Waals surface area (Å²) in [6.07, 6.45) is -4.59. The molecule has 2 aliphatic rings. The number of alkyl halides is 3. The van der Waals surface area contributed by atoms with Crippen LogP contribution in [-0.2, 0) is 20.5 Å². The Labute approximate surface area is 173 Å². The molecule has 0 saturated heterocycles. The van der Waals surface area contributed by atoms with E-state index in [1.807, 2.05) is 0 Å². The van der Waals surface area contributed by atoms with Gasteiger partial charge in [0, 0.05) is 18.0 Å². The Morgan fingerprint density at radius 1 is 1.03 bits per heavy atom. The molecule has 2 aromatic carbocycles. The second kappa shape index (κ2) is 7.07. The summed E-state index contributed by atoms with van der Waals surface area (Å²) >= 11 is 12.4. The van der Waals surface area contributed by atoms with Crippen molar-refractivity contribution in [3.8, 4) is 0 Å². The number of carbonyl (C=O) groups excluding carboxylic acids is 2. The first-order valence-electron chi connectivity index (χ1n) is 8.52. The molecule has 0 bridgehead atoms. The fraction of sp³-hybridized carbons (Fsp3) is 0.200. The molecular weight excluding hydrogens is 430 g/mol. The average molecular weight is 442 g/mol. The van der Waals surface area contributed by atoms with Crippen molar-refractivity contribution in [3.05, 3.63) is 74.9 Å². The quantitative estimate of drug-likeness (QED) is 0.590. The van der Waals surface area contributed by atoms with Gasteiger partial charge in [0.15, 0.2) is 0 Å². The highest BCUT2D eigenvalue weighted by Gasteiger charge is 2.43. The molecule has 2 heterocycles. The number of cyclic esters (lactones) is 1. The summed E-state index contributed by atoms with van der Waals surface area (Å²) < 4.78 is 43.6. The fourth-order valence-corrected chi connectivity index (χ4v) is 4.05. The van der Waals surface area contributed by atoms with Gasteiger partial charge < -0.3 is 4.74 Å². The summed E-state index contributed by atoms with van der Waals surface area (Å²) in [5.41, 5.74) is 0.471. The van der Waals surface area contributed by atoms with Crippen molar-refractivity contribution in [2.45, 2.75) is 18.5 Å². The molecule has 0 spiro atoms. The summed E-state index contributed by atoms with van der Waals surface area (Å²) in [5.74, 6) is -1.63. The molecule has 0 fully saturated rings. The molecule has 0 radical (unpaired) electrons. The van der Waals surface area contributed by atoms with Gasteiger partial charge in [-0.25, -0.2) is 4.79 Å². The minimum Gasteiger partial charge on any atom is -0.456 e. The Balaban J connectivity index is 1.80. The summed E-state index contributed by atoms with van der Waals surface area (Å²) in [6.45, 7) is -0.157. The first-order chi connectivity index (χ1) is 13.7. The monoisotopic (exact) mass is 441 g/mol. The van der Waals surface area contributed by atoms with Crippen LogP contribution in [0.25, 0.3) is 0 Å². The lowest BCUT2D eigenvalue weighted by molar-refractivity contribution is -0.138. The Morgan fingerprint density at radius 3 is 2.38 bits per heavy atom. The van der Waals surface area contributed by atoms with Crippen molar-refractivity contribution in [1.82, 2.24) is 0 Å². The largest absolute Gasteiger partial charge is 0.456 e. The van der Waals surface area contributed by atoms with Gasteiger partial charge >= 0.3 is 12.1 Å². The first kappa shape index (κ1) is 19.8. The molecule has 9 heteroatoms. The Hall–Kier alpha value is -2.51. The summed E-state index contributed by atoms with van der Waals surface area (Å²) in [6, 6.07) is 9.10. The molecule has 1 unspecified atom stereocenters. The van der Waals surface area contributed by atoms with Crippen LogP contribution in [0.4, 0.5) is 18.9 Å². The van der Waals surface area contributed by atoms with Crippen LogP contribution in [0.1, 0.15) is 23.5 Å². The van der Waals surface area contributed by atoms with Crippen molar-refractivity contribution >= 4 is 40.8 Å². The zero-order chi connectivity index (χ0) is 20.9. The van der Waals surface area contributed by atoms with Crippen LogP contribution in [0.15, 0.2) is 53.7 Å². The molecule has 1 atom stereocenters. The third-order valence-corrected chi connectivity index (χ3v) is 5.76. The van der Waals surface area contributed by atoms with E-state index in [1.165, 1.54) is 17.0 Å². The van der Waals surface area contributed by atoms with Gasteiger partial charge in [-0.15, -0.1) is 0 Å². The standard InChI is InChI=1S/C20H12Cl2F3NO3/c21-14-3-1-2-12(18(14)22)13-8-16(27)26(15-9-29-19(28)17(13)15)11-6-4-10(5-7-11)20(23,24)25/h1-7,13H,8-9H2. The Morgan fingerprint density at radius 2 is 1.72 bits per heavy atom. The number of nitrogens with zero attached hydrogens (tertiary/aromatic N) is 1. The number of hydrogen-bond donors (Lipinski definition) is 0. The zero-order valence-electron chi connectivity index (χ0n) is 14.6. The molecule has 0 aliphatic carbocycles. The van der Waals surface area contributed by atoms with Gasteiger partial charge in [0.05, 0.1) is 26.9 Å². The third kappa shape index (κ3) is 3.38. The van der Waals surface area contributed by atoms with Gasteiger partial charge in [0.1, 0.15) is 6.61 Å². The third-order valence-electron chi connectivity index (χ3n) is 4.93. The van der Waals surface area contributed by atoms with Crippen LogP contribution >= 0.6 is 23.2 Å². The fourth-order valence-electron chi connectivity index (χ4n) is 3.61. The van der Waals surface area contributed by atoms with Crippen LogP contribution in [-0.4, -0.2) is 18.5 Å². The first-order valence-corrected chi connectivity index (χ1v) is 9.28. The Bertz CT molecular complexity index is 1050. The van der Waals surface area contributed by atoms with E-state index in [2.05, 4.69) is 0 Å². The second-order valence-corrected chi connectivity index (χ2v) is 7.40. The maximum Gasteiger partial charge on any atom is 0.416 e. The van der Waals surface area contributed by atoms with Crippen molar-refractivity contribution in [3.63, 3.8) is 0 Å². The second-order valence-electron chi connectivity index (χ2n) is 6.61. The number of halogens is 5. The predicted molar refractivity (Wildman–Crippen MR) is 101 cm³/mol.